The van der Waals surface area contributed by atoms with E-state index in [0.29, 0.717) is 18.9 Å². The number of nitrogens with zero attached hydrogens (tertiary/aromatic N) is 1. The van der Waals surface area contributed by atoms with E-state index in [1.165, 1.54) is 0 Å². The molecule has 0 aliphatic carbocycles. The molecule has 0 spiro atoms. The molecule has 0 aliphatic heterocycles. The van der Waals surface area contributed by atoms with Gasteiger partial charge in [0.25, 0.3) is 0 Å². The Kier molecular flexibility index (Phi) is 7.67. The summed E-state index contributed by atoms with van der Waals surface area (Å²) in [5, 5.41) is 2.86. The second kappa shape index (κ2) is 9.04. The van der Waals surface area contributed by atoms with Gasteiger partial charge in [0, 0.05) is 6.42 Å². The number of nitrogens with two attached hydrogens (primary N) is 1. The number of rotatable bonds is 8. The SMILES string of the molecule is CCCC(CCN)CCC(=O)Nc1ccc(Br)nc1. The van der Waals surface area contributed by atoms with E-state index in [-0.39, 0.29) is 5.91 Å². The number of amides is 1. The van der Waals surface area contributed by atoms with Crippen LogP contribution in [0, 0.1) is 5.92 Å². The topological polar surface area (TPSA) is 68.0 Å². The van der Waals surface area contributed by atoms with E-state index in [1.807, 2.05) is 12.1 Å². The first-order valence-corrected chi connectivity index (χ1v) is 7.56. The zero-order valence-electron chi connectivity index (χ0n) is 11.4. The predicted molar refractivity (Wildman–Crippen MR) is 81.9 cm³/mol. The van der Waals surface area contributed by atoms with E-state index in [0.717, 1.165) is 36.0 Å². The average molecular weight is 328 g/mol. The minimum Gasteiger partial charge on any atom is -0.330 e. The minimum absolute atomic E-state index is 0.0437. The zero-order valence-corrected chi connectivity index (χ0v) is 12.9. The number of hydrogen-bond donors (Lipinski definition) is 2. The highest BCUT2D eigenvalue weighted by molar-refractivity contribution is 9.10. The van der Waals surface area contributed by atoms with Gasteiger partial charge in [-0.25, -0.2) is 4.98 Å². The van der Waals surface area contributed by atoms with Crippen LogP contribution in [0.25, 0.3) is 0 Å². The van der Waals surface area contributed by atoms with E-state index < -0.39 is 0 Å². The zero-order chi connectivity index (χ0) is 14.1. The Morgan fingerprint density at radius 3 is 2.79 bits per heavy atom. The van der Waals surface area contributed by atoms with Crippen molar-refractivity contribution in [1.82, 2.24) is 4.98 Å². The molecule has 0 bridgehead atoms. The van der Waals surface area contributed by atoms with Crippen molar-refractivity contribution in [2.45, 2.75) is 39.0 Å². The maximum Gasteiger partial charge on any atom is 0.224 e. The monoisotopic (exact) mass is 327 g/mol. The van der Waals surface area contributed by atoms with E-state index >= 15 is 0 Å². The van der Waals surface area contributed by atoms with E-state index in [4.69, 9.17) is 5.73 Å². The number of carbonyl (C=O) groups excluding carboxylic acids is 1. The van der Waals surface area contributed by atoms with Gasteiger partial charge in [0.15, 0.2) is 0 Å². The molecule has 1 unspecified atom stereocenters. The molecule has 0 saturated carbocycles. The molecule has 0 aromatic carbocycles. The normalized spacial score (nSPS) is 12.2. The third-order valence-corrected chi connectivity index (χ3v) is 3.53. The van der Waals surface area contributed by atoms with Gasteiger partial charge < -0.3 is 11.1 Å². The van der Waals surface area contributed by atoms with Gasteiger partial charge >= 0.3 is 0 Å². The molecule has 19 heavy (non-hydrogen) atoms. The van der Waals surface area contributed by atoms with E-state index in [9.17, 15) is 4.79 Å². The van der Waals surface area contributed by atoms with Gasteiger partial charge in [0.05, 0.1) is 11.9 Å². The maximum atomic E-state index is 11.8. The van der Waals surface area contributed by atoms with Gasteiger partial charge in [-0.15, -0.1) is 0 Å². The second-order valence-corrected chi connectivity index (χ2v) is 5.50. The first-order chi connectivity index (χ1) is 9.15. The predicted octanol–water partition coefficient (Wildman–Crippen LogP) is 3.33. The van der Waals surface area contributed by atoms with Crippen molar-refractivity contribution in [2.24, 2.45) is 11.7 Å². The Morgan fingerprint density at radius 2 is 2.21 bits per heavy atom. The summed E-state index contributed by atoms with van der Waals surface area (Å²) in [5.74, 6) is 0.603. The van der Waals surface area contributed by atoms with Crippen LogP contribution in [0.4, 0.5) is 5.69 Å². The number of pyridine rings is 1. The third-order valence-electron chi connectivity index (χ3n) is 3.06. The molecular formula is C14H22BrN3O. The molecule has 4 nitrogen and oxygen atoms in total. The summed E-state index contributed by atoms with van der Waals surface area (Å²) in [6.07, 6.45) is 6.38. The van der Waals surface area contributed by atoms with Crippen LogP contribution >= 0.6 is 15.9 Å². The first kappa shape index (κ1) is 16.1. The molecule has 5 heteroatoms. The van der Waals surface area contributed by atoms with Gasteiger partial charge in [-0.3, -0.25) is 4.79 Å². The fourth-order valence-corrected chi connectivity index (χ4v) is 2.32. The highest BCUT2D eigenvalue weighted by Gasteiger charge is 2.10. The molecule has 1 atom stereocenters. The van der Waals surface area contributed by atoms with Crippen LogP contribution in [-0.2, 0) is 4.79 Å². The summed E-state index contributed by atoms with van der Waals surface area (Å²) in [4.78, 5) is 15.9. The number of halogens is 1. The Bertz CT molecular complexity index is 375. The molecule has 1 aromatic rings. The highest BCUT2D eigenvalue weighted by Crippen LogP contribution is 2.18. The molecule has 3 N–H and O–H groups in total. The van der Waals surface area contributed by atoms with Crippen LogP contribution in [0.3, 0.4) is 0 Å². The maximum absolute atomic E-state index is 11.8. The summed E-state index contributed by atoms with van der Waals surface area (Å²) >= 11 is 3.26. The summed E-state index contributed by atoms with van der Waals surface area (Å²) in [5.41, 5.74) is 6.33. The van der Waals surface area contributed by atoms with Gasteiger partial charge in [-0.2, -0.15) is 0 Å². The number of hydrogen-bond acceptors (Lipinski definition) is 3. The fourth-order valence-electron chi connectivity index (χ4n) is 2.09. The van der Waals surface area contributed by atoms with Gasteiger partial charge in [0.2, 0.25) is 5.91 Å². The van der Waals surface area contributed by atoms with Crippen molar-refractivity contribution >= 4 is 27.5 Å². The lowest BCUT2D eigenvalue weighted by atomic mass is 9.94. The average Bonchev–Trinajstić information content (AvgIpc) is 2.39. The molecule has 1 rings (SSSR count). The fraction of sp³-hybridized carbons (Fsp3) is 0.571. The molecule has 0 aliphatic rings. The number of nitrogens with one attached hydrogen (secondary N) is 1. The second-order valence-electron chi connectivity index (χ2n) is 4.69. The summed E-state index contributed by atoms with van der Waals surface area (Å²) in [6.45, 7) is 2.86. The highest BCUT2D eigenvalue weighted by atomic mass is 79.9. The Labute approximate surface area is 123 Å². The van der Waals surface area contributed by atoms with Crippen LogP contribution in [0.5, 0.6) is 0 Å². The number of anilines is 1. The quantitative estimate of drug-likeness (QED) is 0.719. The lowest BCUT2D eigenvalue weighted by Crippen LogP contribution is -2.15. The van der Waals surface area contributed by atoms with Crippen molar-refractivity contribution < 1.29 is 4.79 Å². The van der Waals surface area contributed by atoms with Crippen LogP contribution in [0.2, 0.25) is 0 Å². The Morgan fingerprint density at radius 1 is 1.42 bits per heavy atom. The van der Waals surface area contributed by atoms with Crippen LogP contribution in [0.1, 0.15) is 39.0 Å². The Hall–Kier alpha value is -0.940. The smallest absolute Gasteiger partial charge is 0.224 e. The van der Waals surface area contributed by atoms with Gasteiger partial charge in [-0.05, 0) is 53.4 Å². The van der Waals surface area contributed by atoms with Crippen molar-refractivity contribution in [3.63, 3.8) is 0 Å². The molecule has 1 amide bonds. The molecule has 0 radical (unpaired) electrons. The molecule has 0 saturated heterocycles. The lowest BCUT2D eigenvalue weighted by molar-refractivity contribution is -0.116. The van der Waals surface area contributed by atoms with Crippen molar-refractivity contribution in [1.29, 1.82) is 0 Å². The summed E-state index contributed by atoms with van der Waals surface area (Å²) < 4.78 is 0.761. The first-order valence-electron chi connectivity index (χ1n) is 6.77. The van der Waals surface area contributed by atoms with Crippen LogP contribution in [0.15, 0.2) is 22.9 Å². The molecule has 1 heterocycles. The third kappa shape index (κ3) is 6.68. The number of carbonyl (C=O) groups is 1. The van der Waals surface area contributed by atoms with Crippen LogP contribution < -0.4 is 11.1 Å². The van der Waals surface area contributed by atoms with Crippen molar-refractivity contribution in [3.8, 4) is 0 Å². The van der Waals surface area contributed by atoms with E-state index in [1.54, 1.807) is 6.20 Å². The largest absolute Gasteiger partial charge is 0.330 e. The molecule has 0 fully saturated rings. The van der Waals surface area contributed by atoms with Gasteiger partial charge in [-0.1, -0.05) is 19.8 Å². The van der Waals surface area contributed by atoms with Crippen molar-refractivity contribution in [3.05, 3.63) is 22.9 Å². The van der Waals surface area contributed by atoms with Crippen molar-refractivity contribution in [2.75, 3.05) is 11.9 Å². The lowest BCUT2D eigenvalue weighted by Gasteiger charge is -2.14. The van der Waals surface area contributed by atoms with Crippen LogP contribution in [-0.4, -0.2) is 17.4 Å². The van der Waals surface area contributed by atoms with E-state index in [2.05, 4.69) is 33.2 Å². The standard InChI is InChI=1S/C14H22BrN3O/c1-2-3-11(8-9-16)4-7-14(19)18-12-5-6-13(15)17-10-12/h5-6,10-11H,2-4,7-9,16H2,1H3,(H,18,19). The summed E-state index contributed by atoms with van der Waals surface area (Å²) in [6, 6.07) is 3.64. The Balaban J connectivity index is 2.35. The molecular weight excluding hydrogens is 306 g/mol. The minimum atomic E-state index is 0.0437. The molecule has 1 aromatic heterocycles. The number of aromatic nitrogens is 1. The molecule has 106 valence electrons. The van der Waals surface area contributed by atoms with Gasteiger partial charge in [0.1, 0.15) is 4.60 Å². The summed E-state index contributed by atoms with van der Waals surface area (Å²) in [7, 11) is 0.